The van der Waals surface area contributed by atoms with Crippen LogP contribution in [0.1, 0.15) is 15.9 Å². The zero-order valence-electron chi connectivity index (χ0n) is 14.3. The van der Waals surface area contributed by atoms with E-state index in [1.807, 2.05) is 0 Å². The van der Waals surface area contributed by atoms with Gasteiger partial charge in [0.2, 0.25) is 10.0 Å². The van der Waals surface area contributed by atoms with Crippen molar-refractivity contribution in [2.45, 2.75) is 11.8 Å². The predicted octanol–water partition coefficient (Wildman–Crippen LogP) is 2.65. The smallest absolute Gasteiger partial charge is 0.256 e. The van der Waals surface area contributed by atoms with E-state index in [1.54, 1.807) is 6.92 Å². The van der Waals surface area contributed by atoms with Gasteiger partial charge in [0, 0.05) is 19.7 Å². The highest BCUT2D eigenvalue weighted by atomic mass is 32.2. The van der Waals surface area contributed by atoms with Crippen LogP contribution in [0.25, 0.3) is 0 Å². The number of hydrogen-bond donors (Lipinski definition) is 1. The monoisotopic (exact) mass is 366 g/mol. The number of benzene rings is 2. The summed E-state index contributed by atoms with van der Waals surface area (Å²) in [5.74, 6) is -0.804. The van der Waals surface area contributed by atoms with E-state index < -0.39 is 21.7 Å². The number of carbonyl (C=O) groups excluding carboxylic acids is 1. The number of carbonyl (C=O) groups is 1. The minimum Gasteiger partial charge on any atom is -0.495 e. The highest BCUT2D eigenvalue weighted by Gasteiger charge is 2.20. The van der Waals surface area contributed by atoms with E-state index >= 15 is 0 Å². The van der Waals surface area contributed by atoms with Crippen molar-refractivity contribution in [3.8, 4) is 5.75 Å². The van der Waals surface area contributed by atoms with E-state index in [-0.39, 0.29) is 16.1 Å². The second-order valence-corrected chi connectivity index (χ2v) is 7.71. The van der Waals surface area contributed by atoms with Gasteiger partial charge < -0.3 is 10.1 Å². The molecule has 1 N–H and O–H groups in total. The molecule has 2 rings (SSSR count). The van der Waals surface area contributed by atoms with Crippen LogP contribution in [0.4, 0.5) is 10.1 Å². The number of nitrogens with one attached hydrogen (secondary N) is 1. The van der Waals surface area contributed by atoms with Gasteiger partial charge in [-0.2, -0.15) is 0 Å². The summed E-state index contributed by atoms with van der Waals surface area (Å²) < 4.78 is 44.2. The number of halogens is 1. The first-order valence-electron chi connectivity index (χ1n) is 7.35. The fraction of sp³-hybridized carbons (Fsp3) is 0.235. The van der Waals surface area contributed by atoms with E-state index in [4.69, 9.17) is 4.74 Å². The maximum absolute atomic E-state index is 13.4. The van der Waals surface area contributed by atoms with Gasteiger partial charge in [0.15, 0.2) is 0 Å². The Morgan fingerprint density at radius 3 is 2.44 bits per heavy atom. The van der Waals surface area contributed by atoms with E-state index in [1.165, 1.54) is 51.5 Å². The van der Waals surface area contributed by atoms with Gasteiger partial charge in [-0.3, -0.25) is 4.79 Å². The van der Waals surface area contributed by atoms with Gasteiger partial charge in [0.25, 0.3) is 5.91 Å². The molecule has 0 saturated heterocycles. The Balaban J connectivity index is 2.44. The van der Waals surface area contributed by atoms with E-state index in [9.17, 15) is 17.6 Å². The van der Waals surface area contributed by atoms with Crippen molar-refractivity contribution < 1.29 is 22.3 Å². The molecule has 0 aliphatic rings. The molecule has 0 atom stereocenters. The van der Waals surface area contributed by atoms with E-state index in [2.05, 4.69) is 5.32 Å². The second-order valence-electron chi connectivity index (χ2n) is 5.56. The summed E-state index contributed by atoms with van der Waals surface area (Å²) in [6.45, 7) is 1.68. The van der Waals surface area contributed by atoms with Crippen LogP contribution in [-0.2, 0) is 10.0 Å². The Morgan fingerprint density at radius 2 is 1.84 bits per heavy atom. The molecule has 0 aromatic heterocycles. The molecular formula is C17H19FN2O4S. The molecule has 1 amide bonds. The summed E-state index contributed by atoms with van der Waals surface area (Å²) >= 11 is 0. The molecule has 0 radical (unpaired) electrons. The lowest BCUT2D eigenvalue weighted by atomic mass is 10.1. The van der Waals surface area contributed by atoms with Crippen molar-refractivity contribution in [2.24, 2.45) is 0 Å². The van der Waals surface area contributed by atoms with Crippen LogP contribution in [0.5, 0.6) is 5.75 Å². The topological polar surface area (TPSA) is 75.7 Å². The lowest BCUT2D eigenvalue weighted by Crippen LogP contribution is -2.22. The van der Waals surface area contributed by atoms with Crippen molar-refractivity contribution in [1.82, 2.24) is 4.31 Å². The molecule has 0 bridgehead atoms. The number of rotatable bonds is 5. The van der Waals surface area contributed by atoms with Crippen LogP contribution in [0.3, 0.4) is 0 Å². The van der Waals surface area contributed by atoms with Gasteiger partial charge in [0.05, 0.1) is 17.7 Å². The number of anilines is 1. The molecule has 134 valence electrons. The number of ether oxygens (including phenoxy) is 1. The molecule has 0 fully saturated rings. The molecule has 2 aromatic rings. The number of sulfonamides is 1. The van der Waals surface area contributed by atoms with Gasteiger partial charge in [-0.05, 0) is 42.8 Å². The highest BCUT2D eigenvalue weighted by Crippen LogP contribution is 2.29. The third kappa shape index (κ3) is 3.97. The Labute approximate surface area is 146 Å². The van der Waals surface area contributed by atoms with Crippen LogP contribution in [-0.4, -0.2) is 39.8 Å². The fourth-order valence-corrected chi connectivity index (χ4v) is 3.11. The molecular weight excluding hydrogens is 347 g/mol. The SMILES string of the molecule is COc1ccc(S(=O)(=O)N(C)C)cc1NC(=O)c1cc(F)ccc1C. The van der Waals surface area contributed by atoms with Gasteiger partial charge in [-0.25, -0.2) is 17.1 Å². The zero-order chi connectivity index (χ0) is 18.8. The average molecular weight is 366 g/mol. The summed E-state index contributed by atoms with van der Waals surface area (Å²) in [4.78, 5) is 12.5. The number of hydrogen-bond acceptors (Lipinski definition) is 4. The van der Waals surface area contributed by atoms with Crippen LogP contribution in [0.15, 0.2) is 41.3 Å². The summed E-state index contributed by atoms with van der Waals surface area (Å²) in [5.41, 5.74) is 0.928. The van der Waals surface area contributed by atoms with Gasteiger partial charge >= 0.3 is 0 Å². The standard InChI is InChI=1S/C17H19FN2O4S/c1-11-5-6-12(18)9-14(11)17(21)19-15-10-13(7-8-16(15)24-4)25(22,23)20(2)3/h5-10H,1-4H3,(H,19,21). The minimum atomic E-state index is -3.67. The Kier molecular flexibility index (Phi) is 5.44. The lowest BCUT2D eigenvalue weighted by Gasteiger charge is -2.15. The molecule has 0 aliphatic carbocycles. The van der Waals surface area contributed by atoms with E-state index in [0.29, 0.717) is 11.3 Å². The highest BCUT2D eigenvalue weighted by molar-refractivity contribution is 7.89. The normalized spacial score (nSPS) is 11.4. The molecule has 2 aromatic carbocycles. The maximum Gasteiger partial charge on any atom is 0.256 e. The lowest BCUT2D eigenvalue weighted by molar-refractivity contribution is 0.102. The Hall–Kier alpha value is -2.45. The number of nitrogens with zero attached hydrogens (tertiary/aromatic N) is 1. The molecule has 0 spiro atoms. The first-order valence-corrected chi connectivity index (χ1v) is 8.79. The van der Waals surface area contributed by atoms with Gasteiger partial charge in [-0.15, -0.1) is 0 Å². The van der Waals surface area contributed by atoms with Crippen molar-refractivity contribution in [1.29, 1.82) is 0 Å². The van der Waals surface area contributed by atoms with Crippen molar-refractivity contribution in [2.75, 3.05) is 26.5 Å². The molecule has 0 heterocycles. The average Bonchev–Trinajstić information content (AvgIpc) is 2.56. The largest absolute Gasteiger partial charge is 0.495 e. The second kappa shape index (κ2) is 7.20. The number of amides is 1. The maximum atomic E-state index is 13.4. The molecule has 6 nitrogen and oxygen atoms in total. The Morgan fingerprint density at radius 1 is 1.16 bits per heavy atom. The predicted molar refractivity (Wildman–Crippen MR) is 93.0 cm³/mol. The third-order valence-corrected chi connectivity index (χ3v) is 5.45. The molecule has 25 heavy (non-hydrogen) atoms. The molecule has 0 unspecified atom stereocenters. The third-order valence-electron chi connectivity index (χ3n) is 3.64. The van der Waals surface area contributed by atoms with Crippen molar-refractivity contribution >= 4 is 21.6 Å². The fourth-order valence-electron chi connectivity index (χ4n) is 2.18. The number of methoxy groups -OCH3 is 1. The quantitative estimate of drug-likeness (QED) is 0.883. The molecule has 0 aliphatic heterocycles. The van der Waals surface area contributed by atoms with E-state index in [0.717, 1.165) is 10.4 Å². The number of aryl methyl sites for hydroxylation is 1. The van der Waals surface area contributed by atoms with Crippen LogP contribution >= 0.6 is 0 Å². The summed E-state index contributed by atoms with van der Waals surface area (Å²) in [6.07, 6.45) is 0. The van der Waals surface area contributed by atoms with Gasteiger partial charge in [0.1, 0.15) is 11.6 Å². The first kappa shape index (κ1) is 18.9. The summed E-state index contributed by atoms with van der Waals surface area (Å²) in [7, 11) is 0.549. The van der Waals surface area contributed by atoms with Crippen LogP contribution < -0.4 is 10.1 Å². The van der Waals surface area contributed by atoms with Crippen LogP contribution in [0, 0.1) is 12.7 Å². The van der Waals surface area contributed by atoms with Crippen LogP contribution in [0.2, 0.25) is 0 Å². The minimum absolute atomic E-state index is 0.00423. The first-order chi connectivity index (χ1) is 11.7. The molecule has 8 heteroatoms. The van der Waals surface area contributed by atoms with Crippen molar-refractivity contribution in [3.63, 3.8) is 0 Å². The zero-order valence-corrected chi connectivity index (χ0v) is 15.1. The molecule has 0 saturated carbocycles. The summed E-state index contributed by atoms with van der Waals surface area (Å²) in [5, 5.41) is 2.58. The summed E-state index contributed by atoms with van der Waals surface area (Å²) in [6, 6.07) is 8.02. The van der Waals surface area contributed by atoms with Crippen molar-refractivity contribution in [3.05, 3.63) is 53.3 Å². The Bertz CT molecular complexity index is 911. The van der Waals surface area contributed by atoms with Gasteiger partial charge in [-0.1, -0.05) is 6.07 Å².